The molecule has 1 fully saturated rings. The molecule has 2 heteroatoms. The van der Waals surface area contributed by atoms with Gasteiger partial charge in [0.2, 0.25) is 5.91 Å². The molecule has 1 aliphatic rings. The second-order valence-corrected chi connectivity index (χ2v) is 2.05. The van der Waals surface area contributed by atoms with Crippen LogP contribution in [0.5, 0.6) is 0 Å². The number of rotatable bonds is 0. The van der Waals surface area contributed by atoms with Gasteiger partial charge in [-0.3, -0.25) is 4.79 Å². The SMILES string of the molecule is CC#C[C@@H]1CCC(=O)N1. The predicted molar refractivity (Wildman–Crippen MR) is 34.6 cm³/mol. The molecule has 1 heterocycles. The van der Waals surface area contributed by atoms with Crippen LogP contribution in [0.3, 0.4) is 0 Å². The topological polar surface area (TPSA) is 29.1 Å². The van der Waals surface area contributed by atoms with Crippen molar-refractivity contribution in [2.75, 3.05) is 0 Å². The van der Waals surface area contributed by atoms with Crippen molar-refractivity contribution in [3.05, 3.63) is 0 Å². The molecule has 1 rings (SSSR count). The Balaban J connectivity index is 2.45. The maximum Gasteiger partial charge on any atom is 0.221 e. The summed E-state index contributed by atoms with van der Waals surface area (Å²) in [5.41, 5.74) is 0. The number of amides is 1. The zero-order chi connectivity index (χ0) is 6.69. The molecule has 1 saturated heterocycles. The van der Waals surface area contributed by atoms with Crippen LogP contribution in [0.1, 0.15) is 19.8 Å². The molecule has 48 valence electrons. The van der Waals surface area contributed by atoms with Crippen LogP contribution in [0.2, 0.25) is 0 Å². The van der Waals surface area contributed by atoms with Gasteiger partial charge in [-0.25, -0.2) is 0 Å². The summed E-state index contributed by atoms with van der Waals surface area (Å²) in [6.45, 7) is 1.78. The Bertz CT molecular complexity index is 175. The van der Waals surface area contributed by atoms with E-state index < -0.39 is 0 Å². The number of carbonyl (C=O) groups is 1. The molecule has 0 aromatic heterocycles. The van der Waals surface area contributed by atoms with Crippen LogP contribution < -0.4 is 5.32 Å². The van der Waals surface area contributed by atoms with Crippen LogP contribution in [0.4, 0.5) is 0 Å². The van der Waals surface area contributed by atoms with E-state index in [9.17, 15) is 4.79 Å². The molecule has 1 amide bonds. The lowest BCUT2D eigenvalue weighted by molar-refractivity contribution is -0.119. The van der Waals surface area contributed by atoms with Gasteiger partial charge in [-0.2, -0.15) is 0 Å². The second kappa shape index (κ2) is 2.54. The summed E-state index contributed by atoms with van der Waals surface area (Å²) in [7, 11) is 0. The van der Waals surface area contributed by atoms with Crippen molar-refractivity contribution < 1.29 is 4.79 Å². The first-order chi connectivity index (χ1) is 4.33. The van der Waals surface area contributed by atoms with E-state index in [2.05, 4.69) is 17.2 Å². The molecule has 2 nitrogen and oxygen atoms in total. The monoisotopic (exact) mass is 123 g/mol. The molecule has 0 radical (unpaired) electrons. The van der Waals surface area contributed by atoms with Gasteiger partial charge >= 0.3 is 0 Å². The van der Waals surface area contributed by atoms with E-state index in [0.717, 1.165) is 6.42 Å². The fourth-order valence-electron chi connectivity index (χ4n) is 0.897. The molecule has 0 aromatic carbocycles. The maximum atomic E-state index is 10.5. The lowest BCUT2D eigenvalue weighted by Gasteiger charge is -1.96. The standard InChI is InChI=1S/C7H9NO/c1-2-3-6-4-5-7(9)8-6/h6H,4-5H2,1H3,(H,8,9)/t6-/m1/s1. The smallest absolute Gasteiger partial charge is 0.221 e. The Morgan fingerprint density at radius 1 is 1.78 bits per heavy atom. The quantitative estimate of drug-likeness (QED) is 0.461. The second-order valence-electron chi connectivity index (χ2n) is 2.05. The van der Waals surface area contributed by atoms with Gasteiger partial charge in [0.05, 0.1) is 6.04 Å². The number of hydrogen-bond donors (Lipinski definition) is 1. The first kappa shape index (κ1) is 6.15. The lowest BCUT2D eigenvalue weighted by Crippen LogP contribution is -2.23. The Kier molecular flexibility index (Phi) is 1.74. The summed E-state index contributed by atoms with van der Waals surface area (Å²) in [6.07, 6.45) is 1.51. The van der Waals surface area contributed by atoms with Gasteiger partial charge in [-0.1, -0.05) is 5.92 Å². The third-order valence-corrected chi connectivity index (χ3v) is 1.31. The van der Waals surface area contributed by atoms with Crippen molar-refractivity contribution in [3.63, 3.8) is 0 Å². The minimum Gasteiger partial charge on any atom is -0.342 e. The maximum absolute atomic E-state index is 10.5. The minimum absolute atomic E-state index is 0.127. The van der Waals surface area contributed by atoms with Crippen molar-refractivity contribution in [1.82, 2.24) is 5.32 Å². The van der Waals surface area contributed by atoms with Gasteiger partial charge in [0.25, 0.3) is 0 Å². The first-order valence-electron chi connectivity index (χ1n) is 3.04. The van der Waals surface area contributed by atoms with Crippen LogP contribution in [-0.2, 0) is 4.79 Å². The van der Waals surface area contributed by atoms with E-state index in [4.69, 9.17) is 0 Å². The zero-order valence-electron chi connectivity index (χ0n) is 5.40. The molecule has 1 aliphatic heterocycles. The molecular formula is C7H9NO. The molecule has 1 N–H and O–H groups in total. The van der Waals surface area contributed by atoms with Crippen molar-refractivity contribution in [3.8, 4) is 11.8 Å². The minimum atomic E-state index is 0.127. The summed E-state index contributed by atoms with van der Waals surface area (Å²) < 4.78 is 0. The highest BCUT2D eigenvalue weighted by Crippen LogP contribution is 2.04. The van der Waals surface area contributed by atoms with Crippen LogP contribution in [0, 0.1) is 11.8 Å². The van der Waals surface area contributed by atoms with Crippen molar-refractivity contribution in [2.45, 2.75) is 25.8 Å². The van der Waals surface area contributed by atoms with Crippen molar-refractivity contribution in [2.24, 2.45) is 0 Å². The van der Waals surface area contributed by atoms with E-state index in [-0.39, 0.29) is 11.9 Å². The molecule has 0 saturated carbocycles. The van der Waals surface area contributed by atoms with Crippen LogP contribution >= 0.6 is 0 Å². The Morgan fingerprint density at radius 3 is 3.00 bits per heavy atom. The van der Waals surface area contributed by atoms with Crippen molar-refractivity contribution >= 4 is 5.91 Å². The summed E-state index contributed by atoms with van der Waals surface area (Å²) in [5, 5.41) is 2.74. The van der Waals surface area contributed by atoms with Crippen LogP contribution in [0.15, 0.2) is 0 Å². The Hall–Kier alpha value is -0.970. The molecular weight excluding hydrogens is 114 g/mol. The highest BCUT2D eigenvalue weighted by Gasteiger charge is 2.17. The van der Waals surface area contributed by atoms with E-state index in [1.54, 1.807) is 6.92 Å². The van der Waals surface area contributed by atoms with E-state index in [0.29, 0.717) is 6.42 Å². The third-order valence-electron chi connectivity index (χ3n) is 1.31. The average molecular weight is 123 g/mol. The van der Waals surface area contributed by atoms with Gasteiger partial charge in [0.15, 0.2) is 0 Å². The number of nitrogens with one attached hydrogen (secondary N) is 1. The molecule has 0 unspecified atom stereocenters. The zero-order valence-corrected chi connectivity index (χ0v) is 5.40. The van der Waals surface area contributed by atoms with Crippen LogP contribution in [0.25, 0.3) is 0 Å². The van der Waals surface area contributed by atoms with Gasteiger partial charge < -0.3 is 5.32 Å². The lowest BCUT2D eigenvalue weighted by atomic mass is 10.2. The largest absolute Gasteiger partial charge is 0.342 e. The molecule has 0 aliphatic carbocycles. The van der Waals surface area contributed by atoms with Gasteiger partial charge in [-0.15, -0.1) is 5.92 Å². The molecule has 9 heavy (non-hydrogen) atoms. The van der Waals surface area contributed by atoms with Gasteiger partial charge in [0, 0.05) is 6.42 Å². The summed E-state index contributed by atoms with van der Waals surface area (Å²) in [5.74, 6) is 5.79. The summed E-state index contributed by atoms with van der Waals surface area (Å²) in [6, 6.07) is 0.127. The predicted octanol–water partition coefficient (Wildman–Crippen LogP) is 0.288. The molecule has 1 atom stereocenters. The fraction of sp³-hybridized carbons (Fsp3) is 0.571. The summed E-state index contributed by atoms with van der Waals surface area (Å²) >= 11 is 0. The Morgan fingerprint density at radius 2 is 2.56 bits per heavy atom. The van der Waals surface area contributed by atoms with Gasteiger partial charge in [0.1, 0.15) is 0 Å². The normalized spacial score (nSPS) is 24.6. The van der Waals surface area contributed by atoms with E-state index >= 15 is 0 Å². The third kappa shape index (κ3) is 1.46. The highest BCUT2D eigenvalue weighted by atomic mass is 16.1. The first-order valence-corrected chi connectivity index (χ1v) is 3.04. The van der Waals surface area contributed by atoms with Crippen molar-refractivity contribution in [1.29, 1.82) is 0 Å². The van der Waals surface area contributed by atoms with Gasteiger partial charge in [-0.05, 0) is 13.3 Å². The molecule has 0 bridgehead atoms. The van der Waals surface area contributed by atoms with E-state index in [1.807, 2.05) is 0 Å². The average Bonchev–Trinajstić information content (AvgIpc) is 2.17. The van der Waals surface area contributed by atoms with E-state index in [1.165, 1.54) is 0 Å². The number of hydrogen-bond acceptors (Lipinski definition) is 1. The Labute approximate surface area is 54.6 Å². The number of carbonyl (C=O) groups excluding carboxylic acids is 1. The molecule has 0 aromatic rings. The highest BCUT2D eigenvalue weighted by molar-refractivity contribution is 5.79. The van der Waals surface area contributed by atoms with Crippen LogP contribution in [-0.4, -0.2) is 11.9 Å². The molecule has 0 spiro atoms. The summed E-state index contributed by atoms with van der Waals surface area (Å²) in [4.78, 5) is 10.5. The fourth-order valence-corrected chi connectivity index (χ4v) is 0.897.